The first-order valence-electron chi connectivity index (χ1n) is 7.35. The summed E-state index contributed by atoms with van der Waals surface area (Å²) in [5, 5.41) is 5.48. The molecule has 0 saturated carbocycles. The minimum atomic E-state index is -0.146. The van der Waals surface area contributed by atoms with Gasteiger partial charge in [0.1, 0.15) is 6.17 Å². The first-order chi connectivity index (χ1) is 10.7. The number of hydrogen-bond donors (Lipinski definition) is 1. The lowest BCUT2D eigenvalue weighted by molar-refractivity contribution is 0.0928. The molecule has 1 heterocycles. The highest BCUT2D eigenvalue weighted by Gasteiger charge is 2.28. The molecule has 1 amide bonds. The van der Waals surface area contributed by atoms with Gasteiger partial charge in [0, 0.05) is 7.05 Å². The summed E-state index contributed by atoms with van der Waals surface area (Å²) in [6, 6.07) is 22.3. The molecule has 3 aromatic rings. The Morgan fingerprint density at radius 3 is 2.50 bits per heavy atom. The highest BCUT2D eigenvalue weighted by Crippen LogP contribution is 2.32. The van der Waals surface area contributed by atoms with Crippen LogP contribution in [0.5, 0.6) is 0 Å². The SMILES string of the molecule is CN1c2ccccc2C(=O)NC1c1ccc2ccccc2c1. The Bertz CT molecular complexity index is 872. The Hall–Kier alpha value is -2.81. The number of carbonyl (C=O) groups is 1. The van der Waals surface area contributed by atoms with Crippen molar-refractivity contribution in [1.29, 1.82) is 0 Å². The molecular formula is C19H16N2O. The molecule has 1 atom stereocenters. The predicted molar refractivity (Wildman–Crippen MR) is 89.0 cm³/mol. The number of para-hydroxylation sites is 1. The number of hydrogen-bond acceptors (Lipinski definition) is 2. The van der Waals surface area contributed by atoms with Crippen LogP contribution < -0.4 is 10.2 Å². The molecule has 3 heteroatoms. The van der Waals surface area contributed by atoms with Gasteiger partial charge in [-0.25, -0.2) is 0 Å². The van der Waals surface area contributed by atoms with E-state index >= 15 is 0 Å². The maximum Gasteiger partial charge on any atom is 0.255 e. The highest BCUT2D eigenvalue weighted by molar-refractivity contribution is 6.02. The van der Waals surface area contributed by atoms with Gasteiger partial charge < -0.3 is 10.2 Å². The number of nitrogens with zero attached hydrogens (tertiary/aromatic N) is 1. The fraction of sp³-hybridized carbons (Fsp3) is 0.105. The second kappa shape index (κ2) is 4.88. The van der Waals surface area contributed by atoms with Gasteiger partial charge >= 0.3 is 0 Å². The summed E-state index contributed by atoms with van der Waals surface area (Å²) in [4.78, 5) is 14.5. The lowest BCUT2D eigenvalue weighted by Gasteiger charge is -2.36. The van der Waals surface area contributed by atoms with Gasteiger partial charge in [-0.05, 0) is 34.5 Å². The third-order valence-corrected chi connectivity index (χ3v) is 4.27. The Labute approximate surface area is 129 Å². The zero-order valence-corrected chi connectivity index (χ0v) is 12.3. The lowest BCUT2D eigenvalue weighted by atomic mass is 10.0. The zero-order valence-electron chi connectivity index (χ0n) is 12.3. The fourth-order valence-corrected chi connectivity index (χ4v) is 3.10. The number of amides is 1. The Morgan fingerprint density at radius 1 is 0.909 bits per heavy atom. The summed E-state index contributed by atoms with van der Waals surface area (Å²) in [6.45, 7) is 0. The van der Waals surface area contributed by atoms with E-state index in [-0.39, 0.29) is 12.1 Å². The summed E-state index contributed by atoms with van der Waals surface area (Å²) in [5.74, 6) is -0.0214. The summed E-state index contributed by atoms with van der Waals surface area (Å²) in [7, 11) is 2.01. The topological polar surface area (TPSA) is 32.3 Å². The van der Waals surface area contributed by atoms with E-state index < -0.39 is 0 Å². The molecule has 0 aliphatic carbocycles. The van der Waals surface area contributed by atoms with Crippen LogP contribution in [0.1, 0.15) is 22.1 Å². The van der Waals surface area contributed by atoms with Crippen molar-refractivity contribution >= 4 is 22.4 Å². The van der Waals surface area contributed by atoms with Crippen LogP contribution in [0.4, 0.5) is 5.69 Å². The Morgan fingerprint density at radius 2 is 1.64 bits per heavy atom. The number of fused-ring (bicyclic) bond motifs is 2. The highest BCUT2D eigenvalue weighted by atomic mass is 16.2. The van der Waals surface area contributed by atoms with E-state index in [0.29, 0.717) is 0 Å². The van der Waals surface area contributed by atoms with E-state index in [9.17, 15) is 4.79 Å². The molecule has 1 aliphatic rings. The van der Waals surface area contributed by atoms with Crippen molar-refractivity contribution in [2.45, 2.75) is 6.17 Å². The zero-order chi connectivity index (χ0) is 15.1. The monoisotopic (exact) mass is 288 g/mol. The third-order valence-electron chi connectivity index (χ3n) is 4.27. The molecule has 1 aliphatic heterocycles. The van der Waals surface area contributed by atoms with E-state index in [4.69, 9.17) is 0 Å². The van der Waals surface area contributed by atoms with Gasteiger partial charge in [0.05, 0.1) is 11.3 Å². The second-order valence-electron chi connectivity index (χ2n) is 5.61. The molecule has 108 valence electrons. The maximum absolute atomic E-state index is 12.3. The van der Waals surface area contributed by atoms with Crippen LogP contribution in [-0.4, -0.2) is 13.0 Å². The van der Waals surface area contributed by atoms with E-state index in [1.54, 1.807) is 0 Å². The third kappa shape index (κ3) is 1.94. The van der Waals surface area contributed by atoms with E-state index in [0.717, 1.165) is 16.8 Å². The van der Waals surface area contributed by atoms with Crippen molar-refractivity contribution in [1.82, 2.24) is 5.32 Å². The number of rotatable bonds is 1. The summed E-state index contributed by atoms with van der Waals surface area (Å²) in [5.41, 5.74) is 2.77. The van der Waals surface area contributed by atoms with Crippen LogP contribution in [0, 0.1) is 0 Å². The number of anilines is 1. The predicted octanol–water partition coefficient (Wildman–Crippen LogP) is 3.72. The molecule has 4 rings (SSSR count). The molecule has 0 bridgehead atoms. The molecule has 0 spiro atoms. The van der Waals surface area contributed by atoms with Gasteiger partial charge in [0.2, 0.25) is 0 Å². The van der Waals surface area contributed by atoms with Crippen LogP contribution in [-0.2, 0) is 0 Å². The first-order valence-corrected chi connectivity index (χ1v) is 7.35. The average molecular weight is 288 g/mol. The summed E-state index contributed by atoms with van der Waals surface area (Å²) < 4.78 is 0. The Kier molecular flexibility index (Phi) is 2.86. The van der Waals surface area contributed by atoms with Gasteiger partial charge in [-0.15, -0.1) is 0 Å². The van der Waals surface area contributed by atoms with Crippen molar-refractivity contribution in [2.24, 2.45) is 0 Å². The quantitative estimate of drug-likeness (QED) is 0.740. The van der Waals surface area contributed by atoms with Gasteiger partial charge in [-0.1, -0.05) is 48.5 Å². The minimum Gasteiger partial charge on any atom is -0.350 e. The molecule has 0 fully saturated rings. The molecule has 1 N–H and O–H groups in total. The maximum atomic E-state index is 12.3. The van der Waals surface area contributed by atoms with Crippen molar-refractivity contribution in [3.63, 3.8) is 0 Å². The molecule has 0 radical (unpaired) electrons. The second-order valence-corrected chi connectivity index (χ2v) is 5.61. The van der Waals surface area contributed by atoms with Crippen LogP contribution >= 0.6 is 0 Å². The average Bonchev–Trinajstić information content (AvgIpc) is 2.58. The van der Waals surface area contributed by atoms with Crippen LogP contribution in [0.25, 0.3) is 10.8 Å². The minimum absolute atomic E-state index is 0.0214. The molecule has 3 nitrogen and oxygen atoms in total. The number of nitrogens with one attached hydrogen (secondary N) is 1. The van der Waals surface area contributed by atoms with Crippen LogP contribution in [0.2, 0.25) is 0 Å². The molecule has 1 unspecified atom stereocenters. The largest absolute Gasteiger partial charge is 0.350 e. The summed E-state index contributed by atoms with van der Waals surface area (Å²) >= 11 is 0. The molecular weight excluding hydrogens is 272 g/mol. The lowest BCUT2D eigenvalue weighted by Crippen LogP contribution is -2.44. The molecule has 3 aromatic carbocycles. The molecule has 0 saturated heterocycles. The number of benzene rings is 3. The fourth-order valence-electron chi connectivity index (χ4n) is 3.10. The smallest absolute Gasteiger partial charge is 0.255 e. The van der Waals surface area contributed by atoms with Gasteiger partial charge in [-0.3, -0.25) is 4.79 Å². The van der Waals surface area contributed by atoms with Crippen molar-refractivity contribution in [2.75, 3.05) is 11.9 Å². The van der Waals surface area contributed by atoms with Gasteiger partial charge in [0.15, 0.2) is 0 Å². The van der Waals surface area contributed by atoms with E-state index in [2.05, 4.69) is 40.5 Å². The van der Waals surface area contributed by atoms with Gasteiger partial charge in [-0.2, -0.15) is 0 Å². The van der Waals surface area contributed by atoms with Crippen molar-refractivity contribution in [3.05, 3.63) is 77.9 Å². The van der Waals surface area contributed by atoms with Crippen LogP contribution in [0.3, 0.4) is 0 Å². The molecule has 0 aromatic heterocycles. The van der Waals surface area contributed by atoms with Crippen LogP contribution in [0.15, 0.2) is 66.7 Å². The molecule has 22 heavy (non-hydrogen) atoms. The van der Waals surface area contributed by atoms with Crippen molar-refractivity contribution in [3.8, 4) is 0 Å². The number of carbonyl (C=O) groups excluding carboxylic acids is 1. The van der Waals surface area contributed by atoms with Crippen molar-refractivity contribution < 1.29 is 4.79 Å². The van der Waals surface area contributed by atoms with Gasteiger partial charge in [0.25, 0.3) is 5.91 Å². The Balaban J connectivity index is 1.80. The first kappa shape index (κ1) is 12.9. The standard InChI is InChI=1S/C19H16N2O/c1-21-17-9-5-4-8-16(17)19(22)20-18(21)15-11-10-13-6-2-3-7-14(13)12-15/h2-12,18H,1H3,(H,20,22). The summed E-state index contributed by atoms with van der Waals surface area (Å²) in [6.07, 6.45) is -0.146. The van der Waals surface area contributed by atoms with E-state index in [1.165, 1.54) is 10.8 Å². The van der Waals surface area contributed by atoms with E-state index in [1.807, 2.05) is 43.4 Å². The normalized spacial score (nSPS) is 17.2.